The third-order valence-electron chi connectivity index (χ3n) is 11.1. The van der Waals surface area contributed by atoms with Crippen molar-refractivity contribution in [1.29, 1.82) is 0 Å². The molecular formula is C36H48O8. The minimum Gasteiger partial charge on any atom is -0.393 e. The van der Waals surface area contributed by atoms with Crippen molar-refractivity contribution in [3.05, 3.63) is 72.4 Å². The van der Waals surface area contributed by atoms with Gasteiger partial charge < -0.3 is 34.3 Å². The van der Waals surface area contributed by atoms with Gasteiger partial charge in [-0.25, -0.2) is 0 Å². The largest absolute Gasteiger partial charge is 0.393 e. The van der Waals surface area contributed by atoms with Gasteiger partial charge in [-0.2, -0.15) is 0 Å². The van der Waals surface area contributed by atoms with Crippen LogP contribution in [0.15, 0.2) is 72.4 Å². The Morgan fingerprint density at radius 1 is 1.05 bits per heavy atom. The molecule has 3 heterocycles. The Labute approximate surface area is 260 Å². The first-order valence-corrected chi connectivity index (χ1v) is 16.3. The number of ether oxygens (including phenoxy) is 4. The SMILES string of the molecule is C=C(C)[C@]12C[C@@H](C)[C@@]34OC(/C=C/C=C\C=C\C=C\CCCCCCC)(O[C@@H]1[C@@H]3[C@H]1O[C@@]1(CO)[C@@H](O)[C@]1(O)C(=O)C(C)=C[C@H]14)O2. The number of aliphatic hydroxyl groups is 3. The molecule has 11 atom stereocenters. The zero-order valence-electron chi connectivity index (χ0n) is 26.4. The van der Waals surface area contributed by atoms with Gasteiger partial charge in [0.2, 0.25) is 0 Å². The Bertz CT molecular complexity index is 1330. The fraction of sp³-hybridized carbons (Fsp3) is 0.639. The monoisotopic (exact) mass is 608 g/mol. The second-order valence-corrected chi connectivity index (χ2v) is 13.8. The van der Waals surface area contributed by atoms with Crippen LogP contribution in [-0.2, 0) is 23.7 Å². The van der Waals surface area contributed by atoms with Gasteiger partial charge in [0.05, 0.1) is 12.2 Å². The molecule has 3 N–H and O–H groups in total. The lowest BCUT2D eigenvalue weighted by atomic mass is 9.54. The average molecular weight is 609 g/mol. The van der Waals surface area contributed by atoms with Crippen LogP contribution in [0.1, 0.15) is 72.6 Å². The zero-order chi connectivity index (χ0) is 31.5. The highest BCUT2D eigenvalue weighted by Crippen LogP contribution is 2.72. The van der Waals surface area contributed by atoms with E-state index in [-0.39, 0.29) is 5.92 Å². The molecule has 3 aliphatic carbocycles. The summed E-state index contributed by atoms with van der Waals surface area (Å²) in [6.45, 7) is 11.5. The van der Waals surface area contributed by atoms with Crippen molar-refractivity contribution >= 4 is 5.78 Å². The smallest absolute Gasteiger partial charge is 0.306 e. The summed E-state index contributed by atoms with van der Waals surface area (Å²) in [7, 11) is 0. The normalized spacial score (nSPS) is 47.1. The summed E-state index contributed by atoms with van der Waals surface area (Å²) in [6, 6.07) is 0. The number of epoxide rings is 1. The maximum absolute atomic E-state index is 13.6. The van der Waals surface area contributed by atoms with E-state index in [0.29, 0.717) is 12.0 Å². The predicted molar refractivity (Wildman–Crippen MR) is 165 cm³/mol. The molecule has 6 aliphatic rings. The number of carbonyl (C=O) groups is 1. The molecule has 0 spiro atoms. The Kier molecular flexibility index (Phi) is 8.14. The first-order chi connectivity index (χ1) is 21.0. The van der Waals surface area contributed by atoms with E-state index >= 15 is 0 Å². The lowest BCUT2D eigenvalue weighted by molar-refractivity contribution is -0.406. The lowest BCUT2D eigenvalue weighted by Gasteiger charge is -2.59. The third-order valence-corrected chi connectivity index (χ3v) is 11.1. The van der Waals surface area contributed by atoms with Gasteiger partial charge in [0.15, 0.2) is 11.4 Å². The van der Waals surface area contributed by atoms with Crippen LogP contribution in [0.5, 0.6) is 0 Å². The van der Waals surface area contributed by atoms with Gasteiger partial charge in [-0.1, -0.05) is 94.7 Å². The van der Waals surface area contributed by atoms with E-state index in [2.05, 4.69) is 25.7 Å². The molecule has 2 saturated carbocycles. The molecule has 0 aromatic rings. The molecule has 3 bridgehead atoms. The van der Waals surface area contributed by atoms with Crippen molar-refractivity contribution in [1.82, 2.24) is 0 Å². The molecule has 44 heavy (non-hydrogen) atoms. The van der Waals surface area contributed by atoms with Gasteiger partial charge >= 0.3 is 5.97 Å². The molecule has 8 heteroatoms. The number of aliphatic hydroxyl groups excluding tert-OH is 2. The topological polar surface area (TPSA) is 118 Å². The Balaban J connectivity index is 1.29. The Morgan fingerprint density at radius 2 is 1.75 bits per heavy atom. The third kappa shape index (κ3) is 4.33. The van der Waals surface area contributed by atoms with E-state index in [9.17, 15) is 20.1 Å². The van der Waals surface area contributed by atoms with Crippen LogP contribution in [0.2, 0.25) is 0 Å². The lowest BCUT2D eigenvalue weighted by Crippen LogP contribution is -2.72. The summed E-state index contributed by atoms with van der Waals surface area (Å²) in [5.41, 5.74) is -4.77. The molecule has 8 nitrogen and oxygen atoms in total. The van der Waals surface area contributed by atoms with Crippen LogP contribution in [-0.4, -0.2) is 74.4 Å². The van der Waals surface area contributed by atoms with Crippen molar-refractivity contribution in [3.63, 3.8) is 0 Å². The molecule has 0 radical (unpaired) electrons. The summed E-state index contributed by atoms with van der Waals surface area (Å²) in [5.74, 6) is -3.91. The van der Waals surface area contributed by atoms with Gasteiger partial charge in [-0.3, -0.25) is 4.79 Å². The Hall–Kier alpha value is -2.17. The summed E-state index contributed by atoms with van der Waals surface area (Å²) in [4.78, 5) is 13.6. The van der Waals surface area contributed by atoms with Gasteiger partial charge in [-0.05, 0) is 50.2 Å². The Morgan fingerprint density at radius 3 is 2.45 bits per heavy atom. The number of rotatable bonds is 12. The summed E-state index contributed by atoms with van der Waals surface area (Å²) in [5, 5.41) is 34.2. The van der Waals surface area contributed by atoms with E-state index in [1.165, 1.54) is 32.1 Å². The van der Waals surface area contributed by atoms with Crippen LogP contribution >= 0.6 is 0 Å². The molecule has 0 aromatic heterocycles. The van der Waals surface area contributed by atoms with E-state index < -0.39 is 70.9 Å². The van der Waals surface area contributed by atoms with Gasteiger partial charge in [-0.15, -0.1) is 0 Å². The van der Waals surface area contributed by atoms with Crippen LogP contribution in [0.4, 0.5) is 0 Å². The van der Waals surface area contributed by atoms with Crippen molar-refractivity contribution < 1.29 is 39.1 Å². The fourth-order valence-electron chi connectivity index (χ4n) is 8.89. The minimum atomic E-state index is -2.23. The molecular weight excluding hydrogens is 560 g/mol. The summed E-state index contributed by atoms with van der Waals surface area (Å²) in [6.07, 6.45) is 22.2. The highest BCUT2D eigenvalue weighted by atomic mass is 16.9. The maximum Gasteiger partial charge on any atom is 0.306 e. The first-order valence-electron chi connectivity index (χ1n) is 16.3. The van der Waals surface area contributed by atoms with E-state index in [0.717, 1.165) is 12.0 Å². The zero-order valence-corrected chi connectivity index (χ0v) is 26.4. The van der Waals surface area contributed by atoms with E-state index in [4.69, 9.17) is 18.9 Å². The molecule has 1 unspecified atom stereocenters. The van der Waals surface area contributed by atoms with Crippen LogP contribution in [0, 0.1) is 17.8 Å². The van der Waals surface area contributed by atoms with Gasteiger partial charge in [0.25, 0.3) is 0 Å². The molecule has 240 valence electrons. The van der Waals surface area contributed by atoms with Crippen LogP contribution < -0.4 is 0 Å². The van der Waals surface area contributed by atoms with Crippen molar-refractivity contribution in [2.45, 2.75) is 119 Å². The first kappa shape index (κ1) is 31.8. The number of allylic oxidation sites excluding steroid dienone is 7. The molecule has 6 rings (SSSR count). The second kappa shape index (κ2) is 11.3. The van der Waals surface area contributed by atoms with E-state index in [1.54, 1.807) is 19.1 Å². The molecule has 0 aromatic carbocycles. The molecule has 5 fully saturated rings. The number of ketones is 1. The van der Waals surface area contributed by atoms with E-state index in [1.807, 2.05) is 44.2 Å². The van der Waals surface area contributed by atoms with Crippen LogP contribution in [0.25, 0.3) is 0 Å². The predicted octanol–water partition coefficient (Wildman–Crippen LogP) is 4.76. The average Bonchev–Trinajstić information content (AvgIpc) is 3.63. The van der Waals surface area contributed by atoms with Crippen molar-refractivity contribution in [3.8, 4) is 0 Å². The molecule has 3 saturated heterocycles. The minimum absolute atomic E-state index is 0.256. The molecule has 0 amide bonds. The quantitative estimate of drug-likeness (QED) is 0.126. The van der Waals surface area contributed by atoms with Gasteiger partial charge in [0, 0.05) is 17.9 Å². The standard InChI is InChI=1S/C36H48O8/c1-6-7-8-9-10-11-12-13-14-15-16-17-18-19-34-42-29-27-30-33(22-37,41-30)31(39)35(40)26(20-24(4)28(35)38)36(27,44-34)25(5)21-32(29,43-34)23(2)3/h12-20,25-27,29-31,37,39-40H,2,6-11,21-22H2,1,3-5H3/b13-12+,15-14+,17-16-,19-18+/t25-,26-,27-,29-,30-,31-,32-,33-,34?,35-,36+/m1/s1. The molecule has 3 aliphatic heterocycles. The maximum atomic E-state index is 13.6. The van der Waals surface area contributed by atoms with Crippen molar-refractivity contribution in [2.24, 2.45) is 17.8 Å². The van der Waals surface area contributed by atoms with Gasteiger partial charge in [0.1, 0.15) is 29.5 Å². The highest BCUT2D eigenvalue weighted by Gasteiger charge is 2.88. The number of fused-ring (bicyclic) bond motifs is 3. The fourth-order valence-corrected chi connectivity index (χ4v) is 8.89. The van der Waals surface area contributed by atoms with Crippen LogP contribution in [0.3, 0.4) is 0 Å². The number of Topliss-reactive ketones (excluding diaryl/α,β-unsaturated/α-hetero) is 1. The summed E-state index contributed by atoms with van der Waals surface area (Å²) < 4.78 is 26.4. The summed E-state index contributed by atoms with van der Waals surface area (Å²) >= 11 is 0. The second-order valence-electron chi connectivity index (χ2n) is 13.8. The number of hydrogen-bond donors (Lipinski definition) is 3. The highest BCUT2D eigenvalue weighted by molar-refractivity contribution is 6.05. The number of unbranched alkanes of at least 4 members (excludes halogenated alkanes) is 5. The number of carbonyl (C=O) groups excluding carboxylic acids is 1. The van der Waals surface area contributed by atoms with Crippen molar-refractivity contribution in [2.75, 3.05) is 6.61 Å². The number of hydrogen-bond acceptors (Lipinski definition) is 8.